The van der Waals surface area contributed by atoms with E-state index in [4.69, 9.17) is 0 Å². The minimum absolute atomic E-state index is 0. The van der Waals surface area contributed by atoms with Crippen molar-refractivity contribution in [2.75, 3.05) is 26.2 Å². The molecule has 5 rings (SSSR count). The Morgan fingerprint density at radius 1 is 0.926 bits per heavy atom. The molecule has 1 atom stereocenters. The Kier molecular flexibility index (Phi) is 6.45. The van der Waals surface area contributed by atoms with Gasteiger partial charge in [-0.05, 0) is 23.5 Å². The van der Waals surface area contributed by atoms with Crippen molar-refractivity contribution in [2.24, 2.45) is 11.8 Å². The molecular weight excluding hydrogens is 398 g/mol. The highest BCUT2D eigenvalue weighted by atomic mass is 79.9. The Morgan fingerprint density at radius 2 is 1.44 bits per heavy atom. The van der Waals surface area contributed by atoms with E-state index in [1.807, 2.05) is 12.1 Å². The average molecular weight is 430 g/mol. The van der Waals surface area contributed by atoms with Gasteiger partial charge in [0.15, 0.2) is 0 Å². The summed E-state index contributed by atoms with van der Waals surface area (Å²) in [6, 6.07) is 20.8. The quantitative estimate of drug-likeness (QED) is 0.691. The molecule has 0 radical (unpaired) electrons. The number of halogens is 1. The van der Waals surface area contributed by atoms with Crippen molar-refractivity contribution in [1.82, 2.24) is 0 Å². The van der Waals surface area contributed by atoms with Crippen LogP contribution in [0.2, 0.25) is 0 Å². The minimum atomic E-state index is -0.885. The summed E-state index contributed by atoms with van der Waals surface area (Å²) in [5.41, 5.74) is 1.22. The maximum atomic E-state index is 12.2. The molecule has 2 bridgehead atoms. The smallest absolute Gasteiger partial charge is 0.123 e. The van der Waals surface area contributed by atoms with E-state index < -0.39 is 5.60 Å². The van der Waals surface area contributed by atoms with Gasteiger partial charge >= 0.3 is 0 Å². The molecule has 1 unspecified atom stereocenters. The van der Waals surface area contributed by atoms with Gasteiger partial charge in [-0.3, -0.25) is 0 Å². The largest absolute Gasteiger partial charge is 1.00 e. The Balaban J connectivity index is 0.00000210. The topological polar surface area (TPSA) is 20.2 Å². The normalized spacial score (nSPS) is 27.2. The summed E-state index contributed by atoms with van der Waals surface area (Å²) < 4.78 is 1.22. The van der Waals surface area contributed by atoms with Crippen LogP contribution in [-0.2, 0) is 5.60 Å². The Hall–Kier alpha value is -1.16. The van der Waals surface area contributed by atoms with Gasteiger partial charge in [-0.1, -0.05) is 74.0 Å². The number of rotatable bonds is 6. The number of quaternary nitrogens is 1. The average Bonchev–Trinajstić information content (AvgIpc) is 2.74. The standard InChI is InChI=1S/C24H32NO.BrH/c1-2-3-16-25-17-14-20(15-18-25)23(19-25)24(26,21-10-6-4-7-11-21)22-12-8-5-9-13-22;/h4-13,20,23,26H,2-3,14-19H2,1H3;1H/q+1;/p-1. The number of hydrogen-bond donors (Lipinski definition) is 1. The summed E-state index contributed by atoms with van der Waals surface area (Å²) in [5.74, 6) is 0.925. The van der Waals surface area contributed by atoms with Crippen molar-refractivity contribution >= 4 is 0 Å². The van der Waals surface area contributed by atoms with Crippen molar-refractivity contribution < 1.29 is 26.6 Å². The highest BCUT2D eigenvalue weighted by Gasteiger charge is 2.54. The Bertz CT molecular complexity index is 670. The highest BCUT2D eigenvalue weighted by Crippen LogP contribution is 2.49. The van der Waals surface area contributed by atoms with Crippen LogP contribution in [0.4, 0.5) is 0 Å². The van der Waals surface area contributed by atoms with E-state index in [-0.39, 0.29) is 17.0 Å². The molecule has 0 amide bonds. The first-order valence-electron chi connectivity index (χ1n) is 10.4. The summed E-state index contributed by atoms with van der Waals surface area (Å²) in [4.78, 5) is 0. The molecule has 0 aliphatic carbocycles. The number of fused-ring (bicyclic) bond motifs is 3. The van der Waals surface area contributed by atoms with Crippen molar-refractivity contribution in [3.8, 4) is 0 Å². The van der Waals surface area contributed by atoms with Crippen LogP contribution < -0.4 is 17.0 Å². The Labute approximate surface area is 174 Å². The van der Waals surface area contributed by atoms with Crippen LogP contribution in [0.5, 0.6) is 0 Å². The van der Waals surface area contributed by atoms with Crippen molar-refractivity contribution in [2.45, 2.75) is 38.2 Å². The molecular formula is C24H32BrNO. The first-order chi connectivity index (χ1) is 12.7. The van der Waals surface area contributed by atoms with E-state index in [0.717, 1.165) is 17.7 Å². The number of piperidine rings is 3. The van der Waals surface area contributed by atoms with Gasteiger partial charge in [-0.2, -0.15) is 0 Å². The molecule has 3 aliphatic heterocycles. The molecule has 2 aromatic rings. The number of benzene rings is 2. The second kappa shape index (κ2) is 8.46. The molecule has 2 nitrogen and oxygen atoms in total. The number of hydrogen-bond acceptors (Lipinski definition) is 1. The lowest BCUT2D eigenvalue weighted by atomic mass is 9.64. The van der Waals surface area contributed by atoms with E-state index in [1.165, 1.54) is 49.8 Å². The van der Waals surface area contributed by atoms with Crippen LogP contribution in [-0.4, -0.2) is 35.8 Å². The zero-order valence-electron chi connectivity index (χ0n) is 16.4. The lowest BCUT2D eigenvalue weighted by molar-refractivity contribution is -0.948. The van der Waals surface area contributed by atoms with Gasteiger partial charge in [0.25, 0.3) is 0 Å². The molecule has 1 N–H and O–H groups in total. The van der Waals surface area contributed by atoms with Crippen molar-refractivity contribution in [3.63, 3.8) is 0 Å². The third-order valence-corrected chi connectivity index (χ3v) is 7.05. The van der Waals surface area contributed by atoms with E-state index >= 15 is 0 Å². The van der Waals surface area contributed by atoms with E-state index in [2.05, 4.69) is 55.5 Å². The van der Waals surface area contributed by atoms with Crippen LogP contribution in [0.15, 0.2) is 60.7 Å². The van der Waals surface area contributed by atoms with E-state index in [0.29, 0.717) is 11.8 Å². The number of unbranched alkanes of at least 4 members (excludes halogenated alkanes) is 1. The molecule has 0 spiro atoms. The van der Waals surface area contributed by atoms with E-state index in [9.17, 15) is 5.11 Å². The Morgan fingerprint density at radius 3 is 1.93 bits per heavy atom. The van der Waals surface area contributed by atoms with Crippen LogP contribution in [0.1, 0.15) is 43.7 Å². The third kappa shape index (κ3) is 3.74. The summed E-state index contributed by atoms with van der Waals surface area (Å²) in [6.45, 7) is 7.29. The molecule has 146 valence electrons. The first kappa shape index (κ1) is 20.6. The van der Waals surface area contributed by atoms with E-state index in [1.54, 1.807) is 0 Å². The molecule has 3 saturated heterocycles. The lowest BCUT2D eigenvalue weighted by Gasteiger charge is -2.56. The maximum Gasteiger partial charge on any atom is 0.123 e. The molecule has 3 heterocycles. The predicted octanol–water partition coefficient (Wildman–Crippen LogP) is 1.58. The summed E-state index contributed by atoms with van der Waals surface area (Å²) in [5, 5.41) is 12.2. The molecule has 3 heteroatoms. The zero-order chi connectivity index (χ0) is 18.0. The first-order valence-corrected chi connectivity index (χ1v) is 10.4. The fourth-order valence-electron chi connectivity index (χ4n) is 5.55. The van der Waals surface area contributed by atoms with Gasteiger partial charge in [0.05, 0.1) is 26.2 Å². The van der Waals surface area contributed by atoms with Gasteiger partial charge < -0.3 is 26.6 Å². The predicted molar refractivity (Wildman–Crippen MR) is 107 cm³/mol. The number of nitrogens with zero attached hydrogens (tertiary/aromatic N) is 1. The number of aliphatic hydroxyl groups is 1. The lowest BCUT2D eigenvalue weighted by Crippen LogP contribution is -3.00. The molecule has 3 aliphatic rings. The maximum absolute atomic E-state index is 12.2. The van der Waals surface area contributed by atoms with Gasteiger partial charge in [-0.25, -0.2) is 0 Å². The van der Waals surface area contributed by atoms with Crippen LogP contribution in [0.25, 0.3) is 0 Å². The van der Waals surface area contributed by atoms with Crippen LogP contribution in [0, 0.1) is 11.8 Å². The van der Waals surface area contributed by atoms with Crippen molar-refractivity contribution in [1.29, 1.82) is 0 Å². The molecule has 2 aromatic carbocycles. The van der Waals surface area contributed by atoms with Crippen LogP contribution in [0.3, 0.4) is 0 Å². The highest BCUT2D eigenvalue weighted by molar-refractivity contribution is 5.37. The minimum Gasteiger partial charge on any atom is -1.00 e. The summed E-state index contributed by atoms with van der Waals surface area (Å²) in [6.07, 6.45) is 5.08. The fourth-order valence-corrected chi connectivity index (χ4v) is 5.55. The summed E-state index contributed by atoms with van der Waals surface area (Å²) >= 11 is 0. The molecule has 27 heavy (non-hydrogen) atoms. The molecule has 0 aromatic heterocycles. The monoisotopic (exact) mass is 429 g/mol. The second-order valence-corrected chi connectivity index (χ2v) is 8.49. The van der Waals surface area contributed by atoms with Crippen LogP contribution >= 0.6 is 0 Å². The zero-order valence-corrected chi connectivity index (χ0v) is 17.9. The molecule has 0 saturated carbocycles. The van der Waals surface area contributed by atoms with Gasteiger partial charge in [0.2, 0.25) is 0 Å². The second-order valence-electron chi connectivity index (χ2n) is 8.49. The summed E-state index contributed by atoms with van der Waals surface area (Å²) in [7, 11) is 0. The third-order valence-electron chi connectivity index (χ3n) is 7.05. The van der Waals surface area contributed by atoms with Gasteiger partial charge in [-0.15, -0.1) is 0 Å². The van der Waals surface area contributed by atoms with Gasteiger partial charge in [0, 0.05) is 18.8 Å². The SMILES string of the molecule is CCCC[N+]12CCC(CC1)C(C(O)(c1ccccc1)c1ccccc1)C2.[Br-]. The van der Waals surface area contributed by atoms with Gasteiger partial charge in [0.1, 0.15) is 5.60 Å². The fraction of sp³-hybridized carbons (Fsp3) is 0.500. The molecule has 3 fully saturated rings. The van der Waals surface area contributed by atoms with Crippen molar-refractivity contribution in [3.05, 3.63) is 71.8 Å².